The molecule has 0 amide bonds. The van der Waals surface area contributed by atoms with Gasteiger partial charge in [-0.05, 0) is 66.9 Å². The molecule has 0 aliphatic rings. The summed E-state index contributed by atoms with van der Waals surface area (Å²) in [7, 11) is -8.48. The number of rotatable bonds is 8. The van der Waals surface area contributed by atoms with Crippen LogP contribution in [0, 0.1) is 0 Å². The molecule has 0 unspecified atom stereocenters. The normalized spacial score (nSPS) is 11.8. The fourth-order valence-electron chi connectivity index (χ4n) is 4.26. The molecule has 0 radical (unpaired) electrons. The molecular weight excluding hydrogens is 588 g/mol. The molecule has 0 aliphatic carbocycles. The van der Waals surface area contributed by atoms with Gasteiger partial charge in [0.2, 0.25) is 19.7 Å². The van der Waals surface area contributed by atoms with E-state index < -0.39 is 25.6 Å². The van der Waals surface area contributed by atoms with E-state index in [1.807, 2.05) is 0 Å². The van der Waals surface area contributed by atoms with Crippen molar-refractivity contribution in [2.45, 2.75) is 39.9 Å². The van der Waals surface area contributed by atoms with Crippen molar-refractivity contribution < 1.29 is 26.4 Å². The smallest absolute Gasteiger partial charge is 0.339 e. The van der Waals surface area contributed by atoms with E-state index in [9.17, 15) is 21.6 Å². The Labute approximate surface area is 231 Å². The first kappa shape index (κ1) is 27.8. The zero-order chi connectivity index (χ0) is 27.5. The minimum atomic E-state index is -4.27. The maximum absolute atomic E-state index is 14.1. The van der Waals surface area contributed by atoms with Gasteiger partial charge in [0.1, 0.15) is 0 Å². The zero-order valence-corrected chi connectivity index (χ0v) is 23.9. The first-order chi connectivity index (χ1) is 18.1. The third-order valence-corrected chi connectivity index (χ3v) is 10.2. The molecule has 0 fully saturated rings. The molecule has 0 saturated heterocycles. The number of sulfone groups is 2. The molecule has 4 aromatic rings. The van der Waals surface area contributed by atoms with Crippen LogP contribution in [0.3, 0.4) is 0 Å². The van der Waals surface area contributed by atoms with Crippen LogP contribution in [0.4, 0.5) is 0 Å². The maximum atomic E-state index is 14.1. The van der Waals surface area contributed by atoms with Crippen LogP contribution in [-0.2, 0) is 30.8 Å². The number of ether oxygens (including phenoxy) is 1. The highest BCUT2D eigenvalue weighted by Gasteiger charge is 2.34. The van der Waals surface area contributed by atoms with Gasteiger partial charge >= 0.3 is 5.97 Å². The van der Waals surface area contributed by atoms with Gasteiger partial charge in [-0.1, -0.05) is 71.4 Å². The number of benzene rings is 4. The first-order valence-corrected chi connectivity index (χ1v) is 15.6. The van der Waals surface area contributed by atoms with E-state index in [0.717, 1.165) is 4.47 Å². The van der Waals surface area contributed by atoms with Crippen LogP contribution in [0.2, 0.25) is 0 Å². The fraction of sp³-hybridized carbons (Fsp3) is 0.138. The van der Waals surface area contributed by atoms with Crippen molar-refractivity contribution in [3.8, 4) is 11.1 Å². The summed E-state index contributed by atoms with van der Waals surface area (Å²) in [4.78, 5) is 12.9. The monoisotopic (exact) mass is 612 g/mol. The van der Waals surface area contributed by atoms with E-state index in [2.05, 4.69) is 15.9 Å². The third kappa shape index (κ3) is 5.18. The standard InChI is InChI=1S/C29H25BrO6S2/c1-3-24-25(37(32,33)22-11-7-5-8-12-22)19-26(38(34,35)23-13-9-6-10-14-23)27(28(24)29(31)36-4-2)20-15-17-21(30)18-16-20/h5-19H,3-4H2,1-2H3. The number of hydrogen-bond donors (Lipinski definition) is 0. The van der Waals surface area contributed by atoms with E-state index >= 15 is 0 Å². The zero-order valence-electron chi connectivity index (χ0n) is 20.7. The van der Waals surface area contributed by atoms with E-state index in [0.29, 0.717) is 5.56 Å². The molecule has 0 spiro atoms. The van der Waals surface area contributed by atoms with Gasteiger partial charge in [-0.2, -0.15) is 0 Å². The molecule has 9 heteroatoms. The molecule has 0 atom stereocenters. The second-order valence-corrected chi connectivity index (χ2v) is 13.1. The Morgan fingerprint density at radius 3 is 1.71 bits per heavy atom. The van der Waals surface area contributed by atoms with E-state index in [-0.39, 0.29) is 49.3 Å². The lowest BCUT2D eigenvalue weighted by Gasteiger charge is -2.21. The van der Waals surface area contributed by atoms with Crippen LogP contribution < -0.4 is 0 Å². The Morgan fingerprint density at radius 2 is 1.24 bits per heavy atom. The summed E-state index contributed by atoms with van der Waals surface area (Å²) in [5, 5.41) is 0. The van der Waals surface area contributed by atoms with Crippen molar-refractivity contribution in [3.05, 3.63) is 107 Å². The largest absolute Gasteiger partial charge is 0.462 e. The van der Waals surface area contributed by atoms with Gasteiger partial charge in [0.05, 0.1) is 31.8 Å². The van der Waals surface area contributed by atoms with Gasteiger partial charge in [-0.3, -0.25) is 0 Å². The summed E-state index contributed by atoms with van der Waals surface area (Å²) < 4.78 is 62.1. The lowest BCUT2D eigenvalue weighted by Crippen LogP contribution is -2.18. The van der Waals surface area contributed by atoms with Crippen LogP contribution in [0.5, 0.6) is 0 Å². The van der Waals surface area contributed by atoms with Crippen LogP contribution in [0.25, 0.3) is 11.1 Å². The van der Waals surface area contributed by atoms with Crippen molar-refractivity contribution in [3.63, 3.8) is 0 Å². The summed E-state index contributed by atoms with van der Waals surface area (Å²) in [6, 6.07) is 23.4. The summed E-state index contributed by atoms with van der Waals surface area (Å²) in [5.41, 5.74) is 0.646. The molecule has 0 aromatic heterocycles. The molecule has 38 heavy (non-hydrogen) atoms. The predicted octanol–water partition coefficient (Wildman–Crippen LogP) is 6.52. The maximum Gasteiger partial charge on any atom is 0.339 e. The number of esters is 1. The van der Waals surface area contributed by atoms with Crippen molar-refractivity contribution in [1.29, 1.82) is 0 Å². The average Bonchev–Trinajstić information content (AvgIpc) is 2.93. The molecule has 0 bridgehead atoms. The lowest BCUT2D eigenvalue weighted by molar-refractivity contribution is 0.0525. The number of carbonyl (C=O) groups is 1. The Bertz CT molecular complexity index is 1680. The molecule has 0 aliphatic heterocycles. The van der Waals surface area contributed by atoms with Crippen molar-refractivity contribution in [2.75, 3.05) is 6.61 Å². The first-order valence-electron chi connectivity index (χ1n) is 11.9. The van der Waals surface area contributed by atoms with Crippen LogP contribution in [0.15, 0.2) is 115 Å². The van der Waals surface area contributed by atoms with Gasteiger partial charge in [-0.25, -0.2) is 21.6 Å². The average molecular weight is 614 g/mol. The van der Waals surface area contributed by atoms with Crippen molar-refractivity contribution in [2.24, 2.45) is 0 Å². The SMILES string of the molecule is CCOC(=O)c1c(CC)c(S(=O)(=O)c2ccccc2)cc(S(=O)(=O)c2ccccc2)c1-c1ccc(Br)cc1. The van der Waals surface area contributed by atoms with Crippen LogP contribution >= 0.6 is 15.9 Å². The van der Waals surface area contributed by atoms with Gasteiger partial charge in [-0.15, -0.1) is 0 Å². The number of halogens is 1. The molecule has 6 nitrogen and oxygen atoms in total. The minimum absolute atomic E-state index is 0.0102. The molecule has 4 rings (SSSR count). The van der Waals surface area contributed by atoms with Crippen LogP contribution in [0.1, 0.15) is 29.8 Å². The van der Waals surface area contributed by atoms with Gasteiger partial charge in [0.15, 0.2) is 0 Å². The summed E-state index contributed by atoms with van der Waals surface area (Å²) in [6.07, 6.45) is 0.144. The summed E-state index contributed by atoms with van der Waals surface area (Å²) in [6.45, 7) is 3.38. The molecule has 4 aromatic carbocycles. The van der Waals surface area contributed by atoms with E-state index in [1.54, 1.807) is 74.5 Å². The highest BCUT2D eigenvalue weighted by molar-refractivity contribution is 9.10. The number of hydrogen-bond acceptors (Lipinski definition) is 6. The second kappa shape index (κ2) is 11.2. The Morgan fingerprint density at radius 1 is 0.737 bits per heavy atom. The fourth-order valence-corrected chi connectivity index (χ4v) is 7.75. The van der Waals surface area contributed by atoms with Gasteiger partial charge in [0.25, 0.3) is 0 Å². The second-order valence-electron chi connectivity index (χ2n) is 8.32. The van der Waals surface area contributed by atoms with Crippen LogP contribution in [-0.4, -0.2) is 29.4 Å². The highest BCUT2D eigenvalue weighted by Crippen LogP contribution is 2.41. The molecule has 0 N–H and O–H groups in total. The van der Waals surface area contributed by atoms with Crippen molar-refractivity contribution >= 4 is 41.6 Å². The Kier molecular flexibility index (Phi) is 8.20. The Hall–Kier alpha value is -3.27. The number of carbonyl (C=O) groups excluding carboxylic acids is 1. The lowest BCUT2D eigenvalue weighted by atomic mass is 9.94. The predicted molar refractivity (Wildman–Crippen MR) is 149 cm³/mol. The van der Waals surface area contributed by atoms with Crippen molar-refractivity contribution in [1.82, 2.24) is 0 Å². The quantitative estimate of drug-likeness (QED) is 0.210. The Balaban J connectivity index is 2.22. The van der Waals surface area contributed by atoms with Gasteiger partial charge in [0, 0.05) is 10.0 Å². The minimum Gasteiger partial charge on any atom is -0.462 e. The molecule has 0 heterocycles. The summed E-state index contributed by atoms with van der Waals surface area (Å²) in [5.74, 6) is -0.795. The van der Waals surface area contributed by atoms with Gasteiger partial charge < -0.3 is 4.74 Å². The molecule has 196 valence electrons. The van der Waals surface area contributed by atoms with E-state index in [4.69, 9.17) is 4.74 Å². The third-order valence-electron chi connectivity index (χ3n) is 6.01. The summed E-state index contributed by atoms with van der Waals surface area (Å²) >= 11 is 3.39. The van der Waals surface area contributed by atoms with E-state index in [1.165, 1.54) is 30.3 Å². The highest BCUT2D eigenvalue weighted by atomic mass is 79.9. The topological polar surface area (TPSA) is 94.6 Å². The molecule has 0 saturated carbocycles. The molecular formula is C29H25BrO6S2.